The van der Waals surface area contributed by atoms with Crippen LogP contribution in [-0.4, -0.2) is 26.9 Å². The number of carbonyl (C=O) groups excluding carboxylic acids is 1. The van der Waals surface area contributed by atoms with Crippen LogP contribution in [0.3, 0.4) is 0 Å². The molecular weight excluding hydrogens is 393 g/mol. The van der Waals surface area contributed by atoms with E-state index < -0.39 is 15.8 Å². The Morgan fingerprint density at radius 3 is 2.37 bits per heavy atom. The number of aryl methyl sites for hydroxylation is 1. The van der Waals surface area contributed by atoms with E-state index in [9.17, 15) is 17.6 Å². The Morgan fingerprint density at radius 2 is 1.81 bits per heavy atom. The molecule has 0 aliphatic rings. The summed E-state index contributed by atoms with van der Waals surface area (Å²) in [4.78, 5) is 12.0. The normalized spacial score (nSPS) is 12.0. The minimum absolute atomic E-state index is 0. The van der Waals surface area contributed by atoms with E-state index in [1.54, 1.807) is 0 Å². The van der Waals surface area contributed by atoms with Crippen LogP contribution < -0.4 is 15.8 Å². The highest BCUT2D eigenvalue weighted by molar-refractivity contribution is 7.92. The van der Waals surface area contributed by atoms with Gasteiger partial charge < -0.3 is 11.1 Å². The second-order valence-corrected chi connectivity index (χ2v) is 7.77. The third-order valence-electron chi connectivity index (χ3n) is 3.71. The van der Waals surface area contributed by atoms with Gasteiger partial charge in [-0.1, -0.05) is 0 Å². The van der Waals surface area contributed by atoms with Crippen LogP contribution in [0.5, 0.6) is 0 Å². The molecule has 0 radical (unpaired) electrons. The molecule has 0 saturated heterocycles. The molecule has 4 N–H and O–H groups in total. The van der Waals surface area contributed by atoms with Crippen molar-refractivity contribution in [1.29, 1.82) is 0 Å². The molecule has 0 aromatic heterocycles. The second kappa shape index (κ2) is 9.68. The molecule has 2 aromatic carbocycles. The quantitative estimate of drug-likeness (QED) is 0.647. The fraction of sp³-hybridized carbons (Fsp3) is 0.278. The molecule has 0 aliphatic heterocycles. The van der Waals surface area contributed by atoms with E-state index in [2.05, 4.69) is 10.0 Å². The number of carbonyl (C=O) groups is 1. The highest BCUT2D eigenvalue weighted by atomic mass is 35.5. The van der Waals surface area contributed by atoms with Gasteiger partial charge in [-0.15, -0.1) is 12.4 Å². The van der Waals surface area contributed by atoms with E-state index in [1.165, 1.54) is 37.3 Å². The standard InChI is InChI=1S/C18H22FN3O3S.ClH/c1-12-11-15(19)5-8-17(12)26(24,25)22-16-6-3-14(4-7-16)18(23)21-10-9-13(2)20;/h3-8,11,13,22H,9-10,20H2,1-2H3,(H,21,23);1H. The Balaban J connectivity index is 0.00000364. The first-order valence-electron chi connectivity index (χ1n) is 8.12. The van der Waals surface area contributed by atoms with E-state index in [1.807, 2.05) is 6.92 Å². The van der Waals surface area contributed by atoms with E-state index in [4.69, 9.17) is 5.73 Å². The summed E-state index contributed by atoms with van der Waals surface area (Å²) >= 11 is 0. The van der Waals surface area contributed by atoms with E-state index >= 15 is 0 Å². The van der Waals surface area contributed by atoms with Gasteiger partial charge in [0.2, 0.25) is 0 Å². The molecule has 6 nitrogen and oxygen atoms in total. The molecule has 1 unspecified atom stereocenters. The van der Waals surface area contributed by atoms with Gasteiger partial charge in [-0.2, -0.15) is 0 Å². The minimum Gasteiger partial charge on any atom is -0.352 e. The van der Waals surface area contributed by atoms with Crippen molar-refractivity contribution >= 4 is 34.0 Å². The highest BCUT2D eigenvalue weighted by Crippen LogP contribution is 2.20. The lowest BCUT2D eigenvalue weighted by Gasteiger charge is -2.11. The van der Waals surface area contributed by atoms with Crippen molar-refractivity contribution in [1.82, 2.24) is 5.32 Å². The second-order valence-electron chi connectivity index (χ2n) is 6.11. The van der Waals surface area contributed by atoms with Crippen LogP contribution in [0.25, 0.3) is 0 Å². The number of hydrogen-bond donors (Lipinski definition) is 3. The number of nitrogens with two attached hydrogens (primary N) is 1. The van der Waals surface area contributed by atoms with Gasteiger partial charge in [0.15, 0.2) is 0 Å². The van der Waals surface area contributed by atoms with Crippen LogP contribution in [-0.2, 0) is 10.0 Å². The fourth-order valence-electron chi connectivity index (χ4n) is 2.33. The van der Waals surface area contributed by atoms with Gasteiger partial charge in [0.1, 0.15) is 5.82 Å². The first kappa shape index (κ1) is 22.9. The lowest BCUT2D eigenvalue weighted by atomic mass is 10.2. The summed E-state index contributed by atoms with van der Waals surface area (Å²) in [6.07, 6.45) is 0.667. The average molecular weight is 416 g/mol. The summed E-state index contributed by atoms with van der Waals surface area (Å²) in [7, 11) is -3.85. The Bertz CT molecular complexity index is 887. The largest absolute Gasteiger partial charge is 0.352 e. The molecule has 1 amide bonds. The fourth-order valence-corrected chi connectivity index (χ4v) is 3.62. The molecule has 9 heteroatoms. The molecule has 27 heavy (non-hydrogen) atoms. The molecule has 0 spiro atoms. The van der Waals surface area contributed by atoms with Gasteiger partial charge in [0.25, 0.3) is 15.9 Å². The number of benzene rings is 2. The Labute approximate surface area is 164 Å². The van der Waals surface area contributed by atoms with Crippen LogP contribution >= 0.6 is 12.4 Å². The molecular formula is C18H23ClFN3O3S. The maximum absolute atomic E-state index is 13.2. The zero-order valence-corrected chi connectivity index (χ0v) is 16.7. The summed E-state index contributed by atoms with van der Waals surface area (Å²) in [5, 5.41) is 2.74. The molecule has 148 valence electrons. The number of rotatable bonds is 7. The maximum Gasteiger partial charge on any atom is 0.262 e. The average Bonchev–Trinajstić information content (AvgIpc) is 2.54. The van der Waals surface area contributed by atoms with Gasteiger partial charge >= 0.3 is 0 Å². The van der Waals surface area contributed by atoms with Crippen molar-refractivity contribution in [2.24, 2.45) is 5.73 Å². The monoisotopic (exact) mass is 415 g/mol. The smallest absolute Gasteiger partial charge is 0.262 e. The summed E-state index contributed by atoms with van der Waals surface area (Å²) < 4.78 is 40.4. The van der Waals surface area contributed by atoms with Gasteiger partial charge in [0, 0.05) is 23.8 Å². The van der Waals surface area contributed by atoms with E-state index in [0.717, 1.165) is 12.1 Å². The van der Waals surface area contributed by atoms with Gasteiger partial charge in [-0.3, -0.25) is 9.52 Å². The number of anilines is 1. The molecule has 2 aromatic rings. The van der Waals surface area contributed by atoms with Crippen molar-refractivity contribution in [3.8, 4) is 0 Å². The van der Waals surface area contributed by atoms with Crippen molar-refractivity contribution in [3.05, 3.63) is 59.4 Å². The van der Waals surface area contributed by atoms with Crippen LogP contribution in [0, 0.1) is 12.7 Å². The third-order valence-corrected chi connectivity index (χ3v) is 5.25. The lowest BCUT2D eigenvalue weighted by molar-refractivity contribution is 0.0953. The molecule has 0 bridgehead atoms. The predicted molar refractivity (Wildman–Crippen MR) is 106 cm³/mol. The van der Waals surface area contributed by atoms with Crippen LogP contribution in [0.4, 0.5) is 10.1 Å². The number of nitrogens with one attached hydrogen (secondary N) is 2. The van der Waals surface area contributed by atoms with Crippen molar-refractivity contribution in [2.45, 2.75) is 31.2 Å². The SMILES string of the molecule is Cc1cc(F)ccc1S(=O)(=O)Nc1ccc(C(=O)NCCC(C)N)cc1.Cl. The topological polar surface area (TPSA) is 101 Å². The summed E-state index contributed by atoms with van der Waals surface area (Å²) in [5.41, 5.74) is 6.65. The summed E-state index contributed by atoms with van der Waals surface area (Å²) in [6, 6.07) is 9.51. The molecule has 2 rings (SSSR count). The Morgan fingerprint density at radius 1 is 1.19 bits per heavy atom. The predicted octanol–water partition coefficient (Wildman–Crippen LogP) is 2.82. The van der Waals surface area contributed by atoms with E-state index in [-0.39, 0.29) is 29.3 Å². The van der Waals surface area contributed by atoms with Crippen LogP contribution in [0.2, 0.25) is 0 Å². The maximum atomic E-state index is 13.2. The minimum atomic E-state index is -3.85. The van der Waals surface area contributed by atoms with Crippen molar-refractivity contribution in [2.75, 3.05) is 11.3 Å². The molecule has 1 atom stereocenters. The van der Waals surface area contributed by atoms with Crippen molar-refractivity contribution in [3.63, 3.8) is 0 Å². The summed E-state index contributed by atoms with van der Waals surface area (Å²) in [6.45, 7) is 3.85. The van der Waals surface area contributed by atoms with Crippen molar-refractivity contribution < 1.29 is 17.6 Å². The first-order valence-corrected chi connectivity index (χ1v) is 9.60. The number of sulfonamides is 1. The molecule has 0 saturated carbocycles. The number of hydrogen-bond acceptors (Lipinski definition) is 4. The number of amides is 1. The summed E-state index contributed by atoms with van der Waals surface area (Å²) in [5.74, 6) is -0.754. The van der Waals surface area contributed by atoms with Gasteiger partial charge in [0.05, 0.1) is 4.90 Å². The first-order chi connectivity index (χ1) is 12.2. The third kappa shape index (κ3) is 6.50. The Kier molecular flexibility index (Phi) is 8.20. The Hall–Kier alpha value is -2.16. The van der Waals surface area contributed by atoms with Crippen LogP contribution in [0.1, 0.15) is 29.3 Å². The van der Waals surface area contributed by atoms with Crippen LogP contribution in [0.15, 0.2) is 47.4 Å². The van der Waals surface area contributed by atoms with Gasteiger partial charge in [-0.25, -0.2) is 12.8 Å². The molecule has 0 aliphatic carbocycles. The molecule has 0 fully saturated rings. The van der Waals surface area contributed by atoms with Gasteiger partial charge in [-0.05, 0) is 68.3 Å². The van der Waals surface area contributed by atoms with E-state index in [0.29, 0.717) is 29.8 Å². The zero-order valence-electron chi connectivity index (χ0n) is 15.0. The highest BCUT2D eigenvalue weighted by Gasteiger charge is 2.17. The lowest BCUT2D eigenvalue weighted by Crippen LogP contribution is -2.28. The zero-order chi connectivity index (χ0) is 19.3. The molecule has 0 heterocycles. The number of halogens is 2.